The lowest BCUT2D eigenvalue weighted by molar-refractivity contribution is -0.143. The molecule has 0 amide bonds. The van der Waals surface area contributed by atoms with Gasteiger partial charge >= 0.3 is 12.1 Å². The SMILES string of the molecule is CCC(NC1=C(c2cccc(C(F)(F)F)c2)C(=O)C(C2C=Cc3ccccc32)S1)C(=O)OC. The molecule has 0 aromatic heterocycles. The predicted molar refractivity (Wildman–Crippen MR) is 122 cm³/mol. The van der Waals surface area contributed by atoms with E-state index in [9.17, 15) is 22.8 Å². The Morgan fingerprint density at radius 1 is 1.18 bits per heavy atom. The van der Waals surface area contributed by atoms with Gasteiger partial charge in [-0.3, -0.25) is 4.79 Å². The number of Topliss-reactive ketones (excluding diaryl/α,β-unsaturated/α-hetero) is 1. The molecule has 8 heteroatoms. The van der Waals surface area contributed by atoms with Crippen molar-refractivity contribution in [1.82, 2.24) is 5.32 Å². The minimum absolute atomic E-state index is 0.163. The van der Waals surface area contributed by atoms with Crippen LogP contribution in [-0.2, 0) is 20.5 Å². The van der Waals surface area contributed by atoms with Crippen LogP contribution >= 0.6 is 11.8 Å². The molecule has 2 aromatic carbocycles. The Morgan fingerprint density at radius 3 is 2.64 bits per heavy atom. The van der Waals surface area contributed by atoms with Gasteiger partial charge in [-0.15, -0.1) is 0 Å². The maximum atomic E-state index is 13.6. The Hall–Kier alpha value is -3.00. The van der Waals surface area contributed by atoms with Crippen LogP contribution in [0.1, 0.15) is 41.5 Å². The minimum Gasteiger partial charge on any atom is -0.467 e. The van der Waals surface area contributed by atoms with Crippen LogP contribution in [0.25, 0.3) is 11.6 Å². The number of fused-ring (bicyclic) bond motifs is 1. The quantitative estimate of drug-likeness (QED) is 0.569. The van der Waals surface area contributed by atoms with Crippen LogP contribution < -0.4 is 5.32 Å². The third-order valence-corrected chi connectivity index (χ3v) is 7.14. The Bertz CT molecular complexity index is 1160. The fourth-order valence-corrected chi connectivity index (χ4v) is 5.54. The van der Waals surface area contributed by atoms with Crippen molar-refractivity contribution in [2.24, 2.45) is 0 Å². The van der Waals surface area contributed by atoms with E-state index in [1.807, 2.05) is 36.4 Å². The summed E-state index contributed by atoms with van der Waals surface area (Å²) in [5.74, 6) is -0.999. The molecule has 2 aliphatic rings. The fraction of sp³-hybridized carbons (Fsp3) is 0.280. The van der Waals surface area contributed by atoms with E-state index in [2.05, 4.69) is 5.32 Å². The van der Waals surface area contributed by atoms with Crippen LogP contribution in [-0.4, -0.2) is 30.2 Å². The van der Waals surface area contributed by atoms with Gasteiger partial charge in [0, 0.05) is 5.92 Å². The van der Waals surface area contributed by atoms with E-state index >= 15 is 0 Å². The monoisotopic (exact) mass is 473 g/mol. The van der Waals surface area contributed by atoms with E-state index in [1.54, 1.807) is 6.92 Å². The van der Waals surface area contributed by atoms with E-state index in [-0.39, 0.29) is 22.8 Å². The summed E-state index contributed by atoms with van der Waals surface area (Å²) < 4.78 is 44.9. The summed E-state index contributed by atoms with van der Waals surface area (Å²) >= 11 is 1.25. The van der Waals surface area contributed by atoms with Crippen LogP contribution in [0.5, 0.6) is 0 Å². The number of allylic oxidation sites excluding steroid dienone is 2. The lowest BCUT2D eigenvalue weighted by atomic mass is 9.90. The molecule has 33 heavy (non-hydrogen) atoms. The number of hydrogen-bond donors (Lipinski definition) is 1. The highest BCUT2D eigenvalue weighted by molar-refractivity contribution is 8.05. The zero-order chi connectivity index (χ0) is 23.8. The van der Waals surface area contributed by atoms with Crippen molar-refractivity contribution in [2.45, 2.75) is 36.7 Å². The molecule has 0 radical (unpaired) electrons. The lowest BCUT2D eigenvalue weighted by Crippen LogP contribution is -2.36. The van der Waals surface area contributed by atoms with Gasteiger partial charge < -0.3 is 10.1 Å². The maximum Gasteiger partial charge on any atom is 0.416 e. The van der Waals surface area contributed by atoms with Gasteiger partial charge in [-0.05, 0) is 35.2 Å². The molecule has 1 aliphatic carbocycles. The molecule has 3 unspecified atom stereocenters. The molecule has 0 fully saturated rings. The number of methoxy groups -OCH3 is 1. The molecular formula is C25H22F3NO3S. The number of ether oxygens (including phenoxy) is 1. The zero-order valence-corrected chi connectivity index (χ0v) is 18.8. The molecule has 1 aliphatic heterocycles. The van der Waals surface area contributed by atoms with Crippen LogP contribution in [0, 0.1) is 0 Å². The number of hydrogen-bond acceptors (Lipinski definition) is 5. The molecule has 0 saturated heterocycles. The second kappa shape index (κ2) is 9.09. The summed E-state index contributed by atoms with van der Waals surface area (Å²) in [7, 11) is 1.27. The lowest BCUT2D eigenvalue weighted by Gasteiger charge is -2.19. The number of carbonyl (C=O) groups excluding carboxylic acids is 2. The number of benzene rings is 2. The number of nitrogens with one attached hydrogen (secondary N) is 1. The molecule has 2 aromatic rings. The molecule has 1 heterocycles. The Kier molecular flexibility index (Phi) is 6.38. The summed E-state index contributed by atoms with van der Waals surface area (Å²) in [6.45, 7) is 1.79. The van der Waals surface area contributed by atoms with Crippen molar-refractivity contribution < 1.29 is 27.5 Å². The standard InChI is InChI=1S/C25H22F3NO3S/c1-3-19(24(31)32-2)29-23-20(15-8-6-9-16(13-15)25(26,27)28)21(30)22(33-23)18-12-11-14-7-4-5-10-17(14)18/h4-13,18-19,22,29H,3H2,1-2H3. The molecule has 1 N–H and O–H groups in total. The molecule has 0 saturated carbocycles. The molecule has 172 valence electrons. The predicted octanol–water partition coefficient (Wildman–Crippen LogP) is 5.41. The van der Waals surface area contributed by atoms with Gasteiger partial charge in [-0.2, -0.15) is 13.2 Å². The molecule has 4 rings (SSSR count). The molecule has 4 nitrogen and oxygen atoms in total. The van der Waals surface area contributed by atoms with E-state index in [0.717, 1.165) is 23.3 Å². The first kappa shape index (κ1) is 23.2. The highest BCUT2D eigenvalue weighted by Crippen LogP contribution is 2.48. The van der Waals surface area contributed by atoms with Crippen molar-refractivity contribution in [3.63, 3.8) is 0 Å². The normalized spacial score (nSPS) is 20.7. The third kappa shape index (κ3) is 4.44. The highest BCUT2D eigenvalue weighted by atomic mass is 32.2. The minimum atomic E-state index is -4.54. The Morgan fingerprint density at radius 2 is 1.94 bits per heavy atom. The van der Waals surface area contributed by atoms with Crippen molar-refractivity contribution in [1.29, 1.82) is 0 Å². The second-order valence-electron chi connectivity index (χ2n) is 7.83. The average Bonchev–Trinajstić information content (AvgIpc) is 3.37. The van der Waals surface area contributed by atoms with E-state index in [4.69, 9.17) is 4.74 Å². The molecule has 0 bridgehead atoms. The number of ketones is 1. The third-order valence-electron chi connectivity index (χ3n) is 5.82. The van der Waals surface area contributed by atoms with Gasteiger partial charge in [0.25, 0.3) is 0 Å². The van der Waals surface area contributed by atoms with Crippen molar-refractivity contribution in [3.05, 3.63) is 81.9 Å². The Labute approximate surface area is 193 Å². The van der Waals surface area contributed by atoms with Crippen LogP contribution in [0.4, 0.5) is 13.2 Å². The number of esters is 1. The van der Waals surface area contributed by atoms with E-state index < -0.39 is 29.0 Å². The van der Waals surface area contributed by atoms with Crippen molar-refractivity contribution in [2.75, 3.05) is 7.11 Å². The van der Waals surface area contributed by atoms with Gasteiger partial charge in [0.2, 0.25) is 0 Å². The molecule has 3 atom stereocenters. The first-order valence-electron chi connectivity index (χ1n) is 10.5. The van der Waals surface area contributed by atoms with Gasteiger partial charge in [0.15, 0.2) is 5.78 Å². The Balaban J connectivity index is 1.76. The number of alkyl halides is 3. The van der Waals surface area contributed by atoms with E-state index in [1.165, 1.54) is 31.0 Å². The first-order chi connectivity index (χ1) is 15.7. The summed E-state index contributed by atoms with van der Waals surface area (Å²) in [5.41, 5.74) is 1.50. The van der Waals surface area contributed by atoms with Gasteiger partial charge in [0.1, 0.15) is 6.04 Å². The van der Waals surface area contributed by atoms with Crippen LogP contribution in [0.15, 0.2) is 59.6 Å². The maximum absolute atomic E-state index is 13.6. The summed E-state index contributed by atoms with van der Waals surface area (Å²) in [4.78, 5) is 25.8. The van der Waals surface area contributed by atoms with Crippen LogP contribution in [0.2, 0.25) is 0 Å². The molecule has 0 spiro atoms. The summed E-state index contributed by atoms with van der Waals surface area (Å²) in [6, 6.07) is 11.7. The van der Waals surface area contributed by atoms with E-state index in [0.29, 0.717) is 11.4 Å². The van der Waals surface area contributed by atoms with Gasteiger partial charge in [-0.1, -0.05) is 67.2 Å². The number of halogens is 3. The molecular weight excluding hydrogens is 451 g/mol. The average molecular weight is 474 g/mol. The zero-order valence-electron chi connectivity index (χ0n) is 18.0. The summed E-state index contributed by atoms with van der Waals surface area (Å²) in [5, 5.41) is 2.90. The van der Waals surface area contributed by atoms with Gasteiger partial charge in [0.05, 0.1) is 28.5 Å². The van der Waals surface area contributed by atoms with Gasteiger partial charge in [-0.25, -0.2) is 4.79 Å². The second-order valence-corrected chi connectivity index (χ2v) is 8.98. The highest BCUT2D eigenvalue weighted by Gasteiger charge is 2.42. The number of rotatable bonds is 6. The smallest absolute Gasteiger partial charge is 0.416 e. The fourth-order valence-electron chi connectivity index (χ4n) is 4.13. The largest absolute Gasteiger partial charge is 0.467 e. The first-order valence-corrected chi connectivity index (χ1v) is 11.4. The number of carbonyl (C=O) groups is 2. The van der Waals surface area contributed by atoms with Crippen molar-refractivity contribution >= 4 is 35.2 Å². The summed E-state index contributed by atoms with van der Waals surface area (Å²) in [6.07, 6.45) is -0.252. The van der Waals surface area contributed by atoms with Crippen LogP contribution in [0.3, 0.4) is 0 Å². The van der Waals surface area contributed by atoms with Crippen molar-refractivity contribution in [3.8, 4) is 0 Å². The topological polar surface area (TPSA) is 55.4 Å². The number of thioether (sulfide) groups is 1.